The molecule has 1 amide bonds. The number of nitrogens with zero attached hydrogens (tertiary/aromatic N) is 3. The summed E-state index contributed by atoms with van der Waals surface area (Å²) in [6, 6.07) is 13.3. The van der Waals surface area contributed by atoms with Crippen molar-refractivity contribution in [2.45, 2.75) is 12.7 Å². The number of thiazole rings is 1. The predicted molar refractivity (Wildman–Crippen MR) is 117 cm³/mol. The Kier molecular flexibility index (Phi) is 6.23. The Morgan fingerprint density at radius 3 is 2.28 bits per heavy atom. The number of aromatic nitrogens is 3. The van der Waals surface area contributed by atoms with Crippen molar-refractivity contribution in [2.24, 2.45) is 0 Å². The van der Waals surface area contributed by atoms with Gasteiger partial charge in [0.25, 0.3) is 5.91 Å². The van der Waals surface area contributed by atoms with Crippen molar-refractivity contribution in [1.29, 1.82) is 0 Å². The van der Waals surface area contributed by atoms with E-state index in [0.717, 1.165) is 17.5 Å². The number of rotatable bonds is 5. The number of carbonyl (C=O) groups is 1. The Bertz CT molecular complexity index is 1250. The zero-order chi connectivity index (χ0) is 22.9. The van der Waals surface area contributed by atoms with E-state index in [1.54, 1.807) is 53.9 Å². The fraction of sp³-hybridized carbons (Fsp3) is 0.0952. The molecule has 0 radical (unpaired) electrons. The van der Waals surface area contributed by atoms with Gasteiger partial charge in [-0.15, -0.1) is 11.3 Å². The molecule has 0 fully saturated rings. The lowest BCUT2D eigenvalue weighted by Crippen LogP contribution is -2.26. The molecule has 5 nitrogen and oxygen atoms in total. The molecule has 1 N–H and O–H groups in total. The molecule has 164 valence electrons. The van der Waals surface area contributed by atoms with Crippen LogP contribution in [-0.4, -0.2) is 20.7 Å². The van der Waals surface area contributed by atoms with Crippen LogP contribution in [0.5, 0.6) is 0 Å². The van der Waals surface area contributed by atoms with Crippen molar-refractivity contribution in [3.05, 3.63) is 87.0 Å². The zero-order valence-corrected chi connectivity index (χ0v) is 18.4. The Morgan fingerprint density at radius 2 is 1.66 bits per heavy atom. The number of alkyl halides is 3. The number of amides is 1. The molecule has 0 atom stereocenters. The van der Waals surface area contributed by atoms with E-state index < -0.39 is 23.3 Å². The molecule has 2 aromatic carbocycles. The summed E-state index contributed by atoms with van der Waals surface area (Å²) in [6.45, 7) is 0.0381. The van der Waals surface area contributed by atoms with Gasteiger partial charge in [0.2, 0.25) is 5.13 Å². The van der Waals surface area contributed by atoms with E-state index in [4.69, 9.17) is 23.2 Å². The molecule has 0 spiro atoms. The summed E-state index contributed by atoms with van der Waals surface area (Å²) in [5.74, 6) is -0.895. The maximum atomic E-state index is 13.9. The summed E-state index contributed by atoms with van der Waals surface area (Å²) in [5, 5.41) is 8.94. The second kappa shape index (κ2) is 8.93. The molecule has 0 saturated carbocycles. The van der Waals surface area contributed by atoms with E-state index >= 15 is 0 Å². The predicted octanol–water partition coefficient (Wildman–Crippen LogP) is 6.25. The van der Waals surface area contributed by atoms with Crippen molar-refractivity contribution in [3.63, 3.8) is 0 Å². The molecular weight excluding hydrogens is 484 g/mol. The van der Waals surface area contributed by atoms with Gasteiger partial charge in [-0.05, 0) is 29.8 Å². The summed E-state index contributed by atoms with van der Waals surface area (Å²) >= 11 is 12.7. The molecule has 4 aromatic rings. The summed E-state index contributed by atoms with van der Waals surface area (Å²) in [7, 11) is 0. The number of halogens is 5. The summed E-state index contributed by atoms with van der Waals surface area (Å²) in [5.41, 5.74) is 0.0756. The third-order valence-electron chi connectivity index (χ3n) is 4.46. The highest BCUT2D eigenvalue weighted by Gasteiger charge is 2.41. The average Bonchev–Trinajstić information content (AvgIpc) is 3.41. The van der Waals surface area contributed by atoms with Crippen molar-refractivity contribution in [2.75, 3.05) is 0 Å². The normalized spacial score (nSPS) is 11.5. The fourth-order valence-corrected chi connectivity index (χ4v) is 3.97. The number of nitrogens with one attached hydrogen (secondary N) is 1. The van der Waals surface area contributed by atoms with Crippen LogP contribution in [0.3, 0.4) is 0 Å². The molecular formula is C21H13Cl2F3N4OS. The van der Waals surface area contributed by atoms with Gasteiger partial charge in [0, 0.05) is 27.5 Å². The van der Waals surface area contributed by atoms with Gasteiger partial charge in [-0.1, -0.05) is 47.5 Å². The minimum Gasteiger partial charge on any atom is -0.348 e. The molecule has 32 heavy (non-hydrogen) atoms. The van der Waals surface area contributed by atoms with Crippen molar-refractivity contribution in [3.8, 4) is 16.4 Å². The van der Waals surface area contributed by atoms with Crippen LogP contribution in [0.25, 0.3) is 16.4 Å². The Labute approximate surface area is 194 Å². The summed E-state index contributed by atoms with van der Waals surface area (Å²) in [6.07, 6.45) is -3.93. The van der Waals surface area contributed by atoms with Crippen molar-refractivity contribution in [1.82, 2.24) is 20.1 Å². The number of hydrogen-bond donors (Lipinski definition) is 1. The zero-order valence-electron chi connectivity index (χ0n) is 16.0. The van der Waals surface area contributed by atoms with E-state index in [1.807, 2.05) is 0 Å². The molecule has 0 aliphatic rings. The minimum absolute atomic E-state index is 0.0148. The highest BCUT2D eigenvalue weighted by molar-refractivity contribution is 7.12. The molecule has 11 heteroatoms. The first-order valence-electron chi connectivity index (χ1n) is 9.12. The van der Waals surface area contributed by atoms with E-state index in [-0.39, 0.29) is 11.7 Å². The van der Waals surface area contributed by atoms with Gasteiger partial charge in [0.05, 0.1) is 17.5 Å². The number of benzene rings is 2. The van der Waals surface area contributed by atoms with Crippen molar-refractivity contribution >= 4 is 40.4 Å². The molecule has 0 saturated heterocycles. The molecule has 0 bridgehead atoms. The third kappa shape index (κ3) is 4.79. The topological polar surface area (TPSA) is 59.8 Å². The molecule has 4 rings (SSSR count). The maximum absolute atomic E-state index is 13.9. The summed E-state index contributed by atoms with van der Waals surface area (Å²) in [4.78, 5) is 16.8. The fourth-order valence-electron chi connectivity index (χ4n) is 2.93. The highest BCUT2D eigenvalue weighted by atomic mass is 35.5. The quantitative estimate of drug-likeness (QED) is 0.355. The molecule has 2 aromatic heterocycles. The van der Waals surface area contributed by atoms with Gasteiger partial charge < -0.3 is 5.32 Å². The lowest BCUT2D eigenvalue weighted by Gasteiger charge is -2.11. The third-order valence-corrected chi connectivity index (χ3v) is 5.78. The van der Waals surface area contributed by atoms with E-state index in [1.165, 1.54) is 0 Å². The Morgan fingerprint density at radius 1 is 1.03 bits per heavy atom. The van der Waals surface area contributed by atoms with Crippen molar-refractivity contribution < 1.29 is 18.0 Å². The van der Waals surface area contributed by atoms with Crippen LogP contribution in [0.1, 0.15) is 21.6 Å². The van der Waals surface area contributed by atoms with Gasteiger partial charge in [0.1, 0.15) is 0 Å². The molecule has 0 aliphatic carbocycles. The van der Waals surface area contributed by atoms with Gasteiger partial charge >= 0.3 is 6.18 Å². The molecule has 0 aliphatic heterocycles. The van der Waals surface area contributed by atoms with Crippen LogP contribution in [0, 0.1) is 0 Å². The average molecular weight is 497 g/mol. The van der Waals surface area contributed by atoms with Crippen LogP contribution in [0.4, 0.5) is 13.2 Å². The SMILES string of the molecule is O=C(NCc1ccc(Cl)cc1)c1cnn(-c2nc(-c3ccc(Cl)cc3)cs2)c1C(F)(F)F. The summed E-state index contributed by atoms with van der Waals surface area (Å²) < 4.78 is 42.3. The van der Waals surface area contributed by atoms with Crippen LogP contribution >= 0.6 is 34.5 Å². The van der Waals surface area contributed by atoms with Crippen LogP contribution in [-0.2, 0) is 12.7 Å². The Hall–Kier alpha value is -2.88. The lowest BCUT2D eigenvalue weighted by atomic mass is 10.2. The number of hydrogen-bond acceptors (Lipinski definition) is 4. The second-order valence-corrected chi connectivity index (χ2v) is 8.36. The lowest BCUT2D eigenvalue weighted by molar-refractivity contribution is -0.143. The first kappa shape index (κ1) is 22.3. The monoisotopic (exact) mass is 496 g/mol. The standard InChI is InChI=1S/C21H13Cl2F3N4OS/c22-14-5-1-12(2-6-14)9-27-19(31)16-10-28-30(18(16)21(24,25)26)20-29-17(11-32-20)13-3-7-15(23)8-4-13/h1-8,10-11H,9H2,(H,27,31). The van der Waals surface area contributed by atoms with Crippen LogP contribution in [0.2, 0.25) is 10.0 Å². The van der Waals surface area contributed by atoms with Gasteiger partial charge in [0.15, 0.2) is 5.69 Å². The van der Waals surface area contributed by atoms with Crippen LogP contribution in [0.15, 0.2) is 60.1 Å². The van der Waals surface area contributed by atoms with E-state index in [9.17, 15) is 18.0 Å². The number of carbonyl (C=O) groups excluding carboxylic acids is 1. The van der Waals surface area contributed by atoms with Gasteiger partial charge in [-0.2, -0.15) is 18.3 Å². The molecule has 2 heterocycles. The van der Waals surface area contributed by atoms with Gasteiger partial charge in [-0.25, -0.2) is 9.67 Å². The van der Waals surface area contributed by atoms with Gasteiger partial charge in [-0.3, -0.25) is 4.79 Å². The highest BCUT2D eigenvalue weighted by Crippen LogP contribution is 2.35. The largest absolute Gasteiger partial charge is 0.434 e. The second-order valence-electron chi connectivity index (χ2n) is 6.65. The smallest absolute Gasteiger partial charge is 0.348 e. The van der Waals surface area contributed by atoms with E-state index in [0.29, 0.717) is 31.5 Å². The molecule has 0 unspecified atom stereocenters. The maximum Gasteiger partial charge on any atom is 0.434 e. The van der Waals surface area contributed by atoms with E-state index in [2.05, 4.69) is 15.4 Å². The first-order chi connectivity index (χ1) is 15.2. The first-order valence-corrected chi connectivity index (χ1v) is 10.8. The Balaban J connectivity index is 1.62. The van der Waals surface area contributed by atoms with Crippen LogP contribution < -0.4 is 5.32 Å². The minimum atomic E-state index is -4.82.